The van der Waals surface area contributed by atoms with Gasteiger partial charge in [-0.3, -0.25) is 4.79 Å². The van der Waals surface area contributed by atoms with Crippen molar-refractivity contribution in [2.24, 2.45) is 0 Å². The van der Waals surface area contributed by atoms with Crippen LogP contribution in [0.1, 0.15) is 16.1 Å². The van der Waals surface area contributed by atoms with Crippen molar-refractivity contribution >= 4 is 43.6 Å². The van der Waals surface area contributed by atoms with Gasteiger partial charge in [-0.05, 0) is 38.4 Å². The average molecular weight is 449 g/mol. The van der Waals surface area contributed by atoms with Crippen LogP contribution >= 0.6 is 31.9 Å². The highest BCUT2D eigenvalue weighted by molar-refractivity contribution is 9.11. The lowest BCUT2D eigenvalue weighted by Gasteiger charge is -2.12. The zero-order valence-corrected chi connectivity index (χ0v) is 15.4. The Balaban J connectivity index is 1.80. The minimum absolute atomic E-state index is 0.0115. The standard InChI is InChI=1S/C13H15Br2N5O3/c1-22-11-7(4-8(14)5-9(11)15)6-17-2-3-18-13(21)10-12(16)20-23-19-10/h4-5,17H,2-3,6H2,1H3,(H2,16,20)(H,18,21). The molecule has 0 saturated heterocycles. The quantitative estimate of drug-likeness (QED) is 0.552. The molecule has 0 fully saturated rings. The topological polar surface area (TPSA) is 115 Å². The Morgan fingerprint density at radius 2 is 2.13 bits per heavy atom. The van der Waals surface area contributed by atoms with Crippen LogP contribution in [-0.2, 0) is 6.54 Å². The molecule has 10 heteroatoms. The molecule has 0 atom stereocenters. The smallest absolute Gasteiger partial charge is 0.277 e. The highest BCUT2D eigenvalue weighted by Gasteiger charge is 2.15. The number of anilines is 1. The second kappa shape index (κ2) is 8.27. The summed E-state index contributed by atoms with van der Waals surface area (Å²) in [6.45, 7) is 1.55. The van der Waals surface area contributed by atoms with Crippen LogP contribution in [0.3, 0.4) is 0 Å². The first-order valence-electron chi connectivity index (χ1n) is 6.61. The van der Waals surface area contributed by atoms with E-state index in [1.54, 1.807) is 7.11 Å². The van der Waals surface area contributed by atoms with Crippen LogP contribution in [0.15, 0.2) is 25.7 Å². The highest BCUT2D eigenvalue weighted by Crippen LogP contribution is 2.32. The normalized spacial score (nSPS) is 10.6. The number of amides is 1. The largest absolute Gasteiger partial charge is 0.495 e. The summed E-state index contributed by atoms with van der Waals surface area (Å²) >= 11 is 6.90. The van der Waals surface area contributed by atoms with Crippen molar-refractivity contribution in [3.05, 3.63) is 32.3 Å². The van der Waals surface area contributed by atoms with Gasteiger partial charge in [0.2, 0.25) is 11.5 Å². The van der Waals surface area contributed by atoms with E-state index in [0.29, 0.717) is 19.6 Å². The number of ether oxygens (including phenoxy) is 1. The Labute approximate surface area is 149 Å². The number of methoxy groups -OCH3 is 1. The van der Waals surface area contributed by atoms with Crippen molar-refractivity contribution in [3.63, 3.8) is 0 Å². The van der Waals surface area contributed by atoms with Gasteiger partial charge in [0.05, 0.1) is 11.6 Å². The summed E-state index contributed by atoms with van der Waals surface area (Å²) in [5.41, 5.74) is 6.42. The molecule has 1 amide bonds. The number of halogens is 2. The van der Waals surface area contributed by atoms with Crippen molar-refractivity contribution in [2.45, 2.75) is 6.54 Å². The lowest BCUT2D eigenvalue weighted by atomic mass is 10.2. The van der Waals surface area contributed by atoms with E-state index < -0.39 is 5.91 Å². The number of hydrogen-bond acceptors (Lipinski definition) is 7. The molecule has 0 aliphatic rings. The van der Waals surface area contributed by atoms with Crippen molar-refractivity contribution < 1.29 is 14.2 Å². The second-order valence-corrected chi connectivity index (χ2v) is 6.28. The predicted molar refractivity (Wildman–Crippen MR) is 91.1 cm³/mol. The molecule has 0 spiro atoms. The van der Waals surface area contributed by atoms with Crippen LogP contribution in [0.2, 0.25) is 0 Å². The summed E-state index contributed by atoms with van der Waals surface area (Å²) < 4.78 is 11.6. The number of nitrogens with one attached hydrogen (secondary N) is 2. The average Bonchev–Trinajstić information content (AvgIpc) is 2.92. The van der Waals surface area contributed by atoms with Gasteiger partial charge in [-0.1, -0.05) is 15.9 Å². The fourth-order valence-corrected chi connectivity index (χ4v) is 3.37. The van der Waals surface area contributed by atoms with Gasteiger partial charge in [0.25, 0.3) is 5.91 Å². The predicted octanol–water partition coefficient (Wildman–Crippen LogP) is 1.70. The van der Waals surface area contributed by atoms with Crippen molar-refractivity contribution in [3.8, 4) is 5.75 Å². The third-order valence-electron chi connectivity index (χ3n) is 2.92. The molecule has 2 aromatic rings. The summed E-state index contributed by atoms with van der Waals surface area (Å²) in [5, 5.41) is 12.7. The van der Waals surface area contributed by atoms with E-state index in [-0.39, 0.29) is 11.5 Å². The summed E-state index contributed by atoms with van der Waals surface area (Å²) in [7, 11) is 1.62. The number of carbonyl (C=O) groups is 1. The Morgan fingerprint density at radius 1 is 1.35 bits per heavy atom. The maximum Gasteiger partial charge on any atom is 0.277 e. The van der Waals surface area contributed by atoms with Crippen LogP contribution < -0.4 is 21.1 Å². The number of nitrogen functional groups attached to an aromatic ring is 1. The van der Waals surface area contributed by atoms with E-state index in [1.807, 2.05) is 12.1 Å². The van der Waals surface area contributed by atoms with E-state index in [1.165, 1.54) is 0 Å². The van der Waals surface area contributed by atoms with E-state index in [0.717, 1.165) is 20.3 Å². The molecule has 0 saturated carbocycles. The van der Waals surface area contributed by atoms with E-state index in [4.69, 9.17) is 10.5 Å². The number of aromatic nitrogens is 2. The van der Waals surface area contributed by atoms with Gasteiger partial charge >= 0.3 is 0 Å². The summed E-state index contributed by atoms with van der Waals surface area (Å²) in [4.78, 5) is 11.7. The SMILES string of the molecule is COc1c(Br)cc(Br)cc1CNCCNC(=O)c1nonc1N. The zero-order valence-electron chi connectivity index (χ0n) is 12.2. The molecule has 0 aliphatic carbocycles. The van der Waals surface area contributed by atoms with Crippen LogP contribution in [0.5, 0.6) is 5.75 Å². The second-order valence-electron chi connectivity index (χ2n) is 4.51. The minimum atomic E-state index is -0.423. The molecule has 1 heterocycles. The third-order valence-corrected chi connectivity index (χ3v) is 3.97. The maximum absolute atomic E-state index is 11.7. The number of benzene rings is 1. The molecule has 0 radical (unpaired) electrons. The molecular weight excluding hydrogens is 434 g/mol. The number of nitrogens with two attached hydrogens (primary N) is 1. The van der Waals surface area contributed by atoms with E-state index >= 15 is 0 Å². The molecule has 124 valence electrons. The van der Waals surface area contributed by atoms with Gasteiger partial charge in [-0.2, -0.15) is 0 Å². The van der Waals surface area contributed by atoms with Crippen LogP contribution in [0.25, 0.3) is 0 Å². The Kier molecular flexibility index (Phi) is 6.37. The van der Waals surface area contributed by atoms with E-state index in [9.17, 15) is 4.79 Å². The number of nitrogens with zero attached hydrogens (tertiary/aromatic N) is 2. The van der Waals surface area contributed by atoms with Gasteiger partial charge < -0.3 is 21.1 Å². The van der Waals surface area contributed by atoms with Crippen LogP contribution in [0, 0.1) is 0 Å². The van der Waals surface area contributed by atoms with Crippen molar-refractivity contribution in [1.82, 2.24) is 20.9 Å². The van der Waals surface area contributed by atoms with Gasteiger partial charge in [0, 0.05) is 29.7 Å². The monoisotopic (exact) mass is 447 g/mol. The molecule has 4 N–H and O–H groups in total. The number of hydrogen-bond donors (Lipinski definition) is 3. The fraction of sp³-hybridized carbons (Fsp3) is 0.308. The van der Waals surface area contributed by atoms with E-state index in [2.05, 4.69) is 57.4 Å². The summed E-state index contributed by atoms with van der Waals surface area (Å²) in [6.07, 6.45) is 0. The number of carbonyl (C=O) groups excluding carboxylic acids is 1. The first-order chi connectivity index (χ1) is 11.0. The maximum atomic E-state index is 11.7. The first kappa shape index (κ1) is 17.7. The summed E-state index contributed by atoms with van der Waals surface area (Å²) in [5.74, 6) is 0.318. The Hall–Kier alpha value is -1.65. The summed E-state index contributed by atoms with van der Waals surface area (Å²) in [6, 6.07) is 3.88. The minimum Gasteiger partial charge on any atom is -0.495 e. The van der Waals surface area contributed by atoms with Gasteiger partial charge in [0.1, 0.15) is 5.75 Å². The first-order valence-corrected chi connectivity index (χ1v) is 8.20. The lowest BCUT2D eigenvalue weighted by molar-refractivity contribution is 0.0944. The Morgan fingerprint density at radius 3 is 2.78 bits per heavy atom. The lowest BCUT2D eigenvalue weighted by Crippen LogP contribution is -2.32. The molecular formula is C13H15Br2N5O3. The van der Waals surface area contributed by atoms with Crippen LogP contribution in [-0.4, -0.2) is 36.4 Å². The third kappa shape index (κ3) is 4.66. The van der Waals surface area contributed by atoms with Gasteiger partial charge in [-0.15, -0.1) is 0 Å². The van der Waals surface area contributed by atoms with Crippen molar-refractivity contribution in [1.29, 1.82) is 0 Å². The molecule has 1 aromatic carbocycles. The molecule has 8 nitrogen and oxygen atoms in total. The van der Waals surface area contributed by atoms with Crippen LogP contribution in [0.4, 0.5) is 5.82 Å². The molecule has 0 unspecified atom stereocenters. The zero-order chi connectivity index (χ0) is 16.8. The number of rotatable bonds is 7. The van der Waals surface area contributed by atoms with Crippen molar-refractivity contribution in [2.75, 3.05) is 25.9 Å². The fourth-order valence-electron chi connectivity index (χ4n) is 1.90. The van der Waals surface area contributed by atoms with Gasteiger partial charge in [0.15, 0.2) is 0 Å². The van der Waals surface area contributed by atoms with Gasteiger partial charge in [-0.25, -0.2) is 4.63 Å². The molecule has 23 heavy (non-hydrogen) atoms. The molecule has 1 aromatic heterocycles. The highest BCUT2D eigenvalue weighted by atomic mass is 79.9. The molecule has 0 aliphatic heterocycles. The molecule has 2 rings (SSSR count). The Bertz CT molecular complexity index is 692. The molecule has 0 bridgehead atoms.